The molecule has 0 aliphatic carbocycles. The summed E-state index contributed by atoms with van der Waals surface area (Å²) in [6.45, 7) is 2.50. The number of hydrogen-bond donors (Lipinski definition) is 1. The van der Waals surface area contributed by atoms with E-state index in [1.165, 1.54) is 0 Å². The molecule has 2 aromatic rings. The number of ether oxygens (including phenoxy) is 3. The van der Waals surface area contributed by atoms with Crippen LogP contribution in [-0.4, -0.2) is 51.8 Å². The molecule has 2 aromatic carbocycles. The molecule has 1 atom stereocenters. The Morgan fingerprint density at radius 2 is 1.93 bits per heavy atom. The van der Waals surface area contributed by atoms with Crippen LogP contribution in [-0.2, 0) is 4.79 Å². The Hall–Kier alpha value is -2.76. The van der Waals surface area contributed by atoms with E-state index in [1.54, 1.807) is 19.2 Å². The number of nitrogens with one attached hydrogen (secondary N) is 1. The maximum Gasteiger partial charge on any atom is 0.258 e. The molecule has 1 N–H and O–H groups in total. The lowest BCUT2D eigenvalue weighted by molar-refractivity contribution is -0.123. The smallest absolute Gasteiger partial charge is 0.258 e. The van der Waals surface area contributed by atoms with Crippen molar-refractivity contribution in [2.24, 2.45) is 0 Å². The second-order valence-electron chi connectivity index (χ2n) is 6.68. The number of nitriles is 1. The maximum absolute atomic E-state index is 12.4. The third-order valence-corrected chi connectivity index (χ3v) is 4.99. The number of benzene rings is 2. The van der Waals surface area contributed by atoms with Crippen LogP contribution in [0.2, 0.25) is 0 Å². The predicted molar refractivity (Wildman–Crippen MR) is 118 cm³/mol. The molecule has 0 fully saturated rings. The van der Waals surface area contributed by atoms with E-state index in [0.29, 0.717) is 34.7 Å². The molecular formula is C22H26BrN3O4. The first-order valence-corrected chi connectivity index (χ1v) is 10.2. The summed E-state index contributed by atoms with van der Waals surface area (Å²) in [7, 11) is 5.54. The van der Waals surface area contributed by atoms with E-state index in [9.17, 15) is 4.79 Å². The highest BCUT2D eigenvalue weighted by Crippen LogP contribution is 2.36. The van der Waals surface area contributed by atoms with E-state index in [4.69, 9.17) is 19.5 Å². The van der Waals surface area contributed by atoms with E-state index >= 15 is 0 Å². The Labute approximate surface area is 185 Å². The minimum absolute atomic E-state index is 0.000454. The van der Waals surface area contributed by atoms with Gasteiger partial charge in [0.2, 0.25) is 0 Å². The number of hydrogen-bond acceptors (Lipinski definition) is 6. The van der Waals surface area contributed by atoms with Gasteiger partial charge in [0.05, 0.1) is 35.9 Å². The van der Waals surface area contributed by atoms with Gasteiger partial charge in [-0.2, -0.15) is 5.26 Å². The number of carbonyl (C=O) groups is 1. The molecule has 160 valence electrons. The van der Waals surface area contributed by atoms with Crippen LogP contribution in [0.3, 0.4) is 0 Å². The quantitative estimate of drug-likeness (QED) is 0.565. The third kappa shape index (κ3) is 6.37. The highest BCUT2D eigenvalue weighted by atomic mass is 79.9. The molecule has 1 amide bonds. The molecule has 0 spiro atoms. The highest BCUT2D eigenvalue weighted by Gasteiger charge is 2.17. The second kappa shape index (κ2) is 11.4. The molecule has 7 nitrogen and oxygen atoms in total. The average molecular weight is 476 g/mol. The van der Waals surface area contributed by atoms with Crippen molar-refractivity contribution in [3.8, 4) is 23.3 Å². The van der Waals surface area contributed by atoms with Gasteiger partial charge in [-0.3, -0.25) is 4.79 Å². The summed E-state index contributed by atoms with van der Waals surface area (Å²) in [5.74, 6) is 1.34. The van der Waals surface area contributed by atoms with Crippen LogP contribution >= 0.6 is 15.9 Å². The SMILES string of the molecule is CCOc1cc(C#N)cc(Br)c1OCC(=O)NCC(c1ccc(OC)cc1)N(C)C. The van der Waals surface area contributed by atoms with E-state index in [-0.39, 0.29) is 18.6 Å². The molecular weight excluding hydrogens is 450 g/mol. The van der Waals surface area contributed by atoms with Crippen LogP contribution in [0.1, 0.15) is 24.1 Å². The first-order valence-electron chi connectivity index (χ1n) is 9.45. The Balaban J connectivity index is 2.00. The fraction of sp³-hybridized carbons (Fsp3) is 0.364. The fourth-order valence-corrected chi connectivity index (χ4v) is 3.42. The molecule has 2 rings (SSSR count). The molecule has 30 heavy (non-hydrogen) atoms. The lowest BCUT2D eigenvalue weighted by Gasteiger charge is -2.25. The Kier molecular flexibility index (Phi) is 8.96. The number of methoxy groups -OCH3 is 1. The summed E-state index contributed by atoms with van der Waals surface area (Å²) in [6.07, 6.45) is 0. The van der Waals surface area contributed by atoms with Gasteiger partial charge in [-0.15, -0.1) is 0 Å². The van der Waals surface area contributed by atoms with Crippen LogP contribution in [0.5, 0.6) is 17.2 Å². The van der Waals surface area contributed by atoms with Crippen LogP contribution in [0.4, 0.5) is 0 Å². The lowest BCUT2D eigenvalue weighted by atomic mass is 10.1. The summed E-state index contributed by atoms with van der Waals surface area (Å²) in [5.41, 5.74) is 1.51. The Morgan fingerprint density at radius 1 is 1.23 bits per heavy atom. The van der Waals surface area contributed by atoms with Crippen molar-refractivity contribution in [3.63, 3.8) is 0 Å². The normalized spacial score (nSPS) is 11.5. The summed E-state index contributed by atoms with van der Waals surface area (Å²) < 4.78 is 17.0. The topological polar surface area (TPSA) is 83.8 Å². The minimum atomic E-state index is -0.255. The molecule has 0 saturated heterocycles. The monoisotopic (exact) mass is 475 g/mol. The Morgan fingerprint density at radius 3 is 2.50 bits per heavy atom. The van der Waals surface area contributed by atoms with Crippen molar-refractivity contribution in [1.82, 2.24) is 10.2 Å². The van der Waals surface area contributed by atoms with Crippen LogP contribution in [0.15, 0.2) is 40.9 Å². The van der Waals surface area contributed by atoms with Gasteiger partial charge >= 0.3 is 0 Å². The zero-order valence-corrected chi connectivity index (χ0v) is 19.2. The van der Waals surface area contributed by atoms with Crippen molar-refractivity contribution in [3.05, 3.63) is 52.0 Å². The van der Waals surface area contributed by atoms with E-state index in [2.05, 4.69) is 27.3 Å². The van der Waals surface area contributed by atoms with Crippen molar-refractivity contribution in [2.45, 2.75) is 13.0 Å². The number of amides is 1. The van der Waals surface area contributed by atoms with E-state index in [1.807, 2.05) is 50.2 Å². The number of carbonyl (C=O) groups excluding carboxylic acids is 1. The molecule has 1 unspecified atom stereocenters. The van der Waals surface area contributed by atoms with Gasteiger partial charge in [-0.05, 0) is 60.7 Å². The lowest BCUT2D eigenvalue weighted by Crippen LogP contribution is -2.36. The highest BCUT2D eigenvalue weighted by molar-refractivity contribution is 9.10. The first-order chi connectivity index (χ1) is 14.4. The first kappa shape index (κ1) is 23.5. The summed E-state index contributed by atoms with van der Waals surface area (Å²) in [5, 5.41) is 12.0. The molecule has 0 saturated carbocycles. The number of rotatable bonds is 10. The number of nitrogens with zero attached hydrogens (tertiary/aromatic N) is 2. The van der Waals surface area contributed by atoms with Crippen molar-refractivity contribution >= 4 is 21.8 Å². The standard InChI is InChI=1S/C22H26BrN3O4/c1-5-29-20-11-15(12-24)10-18(23)22(20)30-14-21(27)25-13-19(26(2)3)16-6-8-17(28-4)9-7-16/h6-11,19H,5,13-14H2,1-4H3,(H,25,27). The van der Waals surface area contributed by atoms with Crippen molar-refractivity contribution in [1.29, 1.82) is 5.26 Å². The zero-order chi connectivity index (χ0) is 22.1. The third-order valence-electron chi connectivity index (χ3n) is 4.40. The van der Waals surface area contributed by atoms with Gasteiger partial charge in [0, 0.05) is 12.6 Å². The molecule has 0 aliphatic heterocycles. The molecule has 0 heterocycles. The summed E-state index contributed by atoms with van der Waals surface area (Å²) in [4.78, 5) is 14.4. The van der Waals surface area contributed by atoms with Crippen molar-refractivity contribution in [2.75, 3.05) is 41.0 Å². The fourth-order valence-electron chi connectivity index (χ4n) is 2.86. The van der Waals surface area contributed by atoms with Gasteiger partial charge in [0.25, 0.3) is 5.91 Å². The van der Waals surface area contributed by atoms with E-state index < -0.39 is 0 Å². The molecule has 0 radical (unpaired) electrons. The zero-order valence-electron chi connectivity index (χ0n) is 17.6. The Bertz CT molecular complexity index is 894. The van der Waals surface area contributed by atoms with Gasteiger partial charge in [-0.25, -0.2) is 0 Å². The van der Waals surface area contributed by atoms with Gasteiger partial charge < -0.3 is 24.4 Å². The molecule has 0 aromatic heterocycles. The van der Waals surface area contributed by atoms with E-state index in [0.717, 1.165) is 11.3 Å². The van der Waals surface area contributed by atoms with Crippen LogP contribution < -0.4 is 19.5 Å². The second-order valence-corrected chi connectivity index (χ2v) is 7.53. The summed E-state index contributed by atoms with van der Waals surface area (Å²) >= 11 is 3.38. The largest absolute Gasteiger partial charge is 0.497 e. The predicted octanol–water partition coefficient (Wildman–Crippen LogP) is 3.53. The van der Waals surface area contributed by atoms with Crippen LogP contribution in [0.25, 0.3) is 0 Å². The van der Waals surface area contributed by atoms with Crippen LogP contribution in [0, 0.1) is 11.3 Å². The van der Waals surface area contributed by atoms with Gasteiger partial charge in [0.1, 0.15) is 5.75 Å². The maximum atomic E-state index is 12.4. The number of halogens is 1. The van der Waals surface area contributed by atoms with Gasteiger partial charge in [-0.1, -0.05) is 12.1 Å². The molecule has 0 bridgehead atoms. The average Bonchev–Trinajstić information content (AvgIpc) is 2.73. The summed E-state index contributed by atoms with van der Waals surface area (Å²) in [6, 6.07) is 13.0. The molecule has 0 aliphatic rings. The number of likely N-dealkylation sites (N-methyl/N-ethyl adjacent to an activating group) is 1. The van der Waals surface area contributed by atoms with Crippen molar-refractivity contribution < 1.29 is 19.0 Å². The molecule has 8 heteroatoms. The minimum Gasteiger partial charge on any atom is -0.497 e. The van der Waals surface area contributed by atoms with Gasteiger partial charge in [0.15, 0.2) is 18.1 Å².